The molecule has 0 saturated heterocycles. The number of nitrogens with two attached hydrogens (primary N) is 1. The third kappa shape index (κ3) is 3.57. The second-order valence-electron chi connectivity index (χ2n) is 6.43. The molecule has 0 spiro atoms. The van der Waals surface area contributed by atoms with Crippen LogP contribution in [0.4, 0.5) is 0 Å². The summed E-state index contributed by atoms with van der Waals surface area (Å²) in [6.45, 7) is 11.5. The van der Waals surface area contributed by atoms with Crippen molar-refractivity contribution >= 4 is 8.32 Å². The molecule has 2 nitrogen and oxygen atoms in total. The predicted octanol–water partition coefficient (Wildman–Crippen LogP) is 3.28. The van der Waals surface area contributed by atoms with E-state index in [0.29, 0.717) is 17.2 Å². The van der Waals surface area contributed by atoms with Crippen LogP contribution in [-0.4, -0.2) is 20.5 Å². The lowest BCUT2D eigenvalue weighted by molar-refractivity contribution is 0.128. The molecule has 0 radical (unpaired) electrons. The number of rotatable bonds is 2. The van der Waals surface area contributed by atoms with Gasteiger partial charge in [0.05, 0.1) is 0 Å². The Morgan fingerprint density at radius 2 is 1.80 bits per heavy atom. The highest BCUT2D eigenvalue weighted by Crippen LogP contribution is 2.38. The van der Waals surface area contributed by atoms with Gasteiger partial charge in [-0.3, -0.25) is 0 Å². The van der Waals surface area contributed by atoms with E-state index >= 15 is 0 Å². The van der Waals surface area contributed by atoms with Crippen LogP contribution >= 0.6 is 0 Å². The SMILES string of the molecule is CC(C)(C)[Si](C)(C)OC1CCCC(N)C1. The van der Waals surface area contributed by atoms with Crippen LogP contribution in [0.15, 0.2) is 0 Å². The quantitative estimate of drug-likeness (QED) is 0.738. The third-order valence-corrected chi connectivity index (χ3v) is 8.47. The van der Waals surface area contributed by atoms with Crippen LogP contribution in [0.3, 0.4) is 0 Å². The molecule has 90 valence electrons. The van der Waals surface area contributed by atoms with Gasteiger partial charge in [-0.1, -0.05) is 20.8 Å². The van der Waals surface area contributed by atoms with Crippen molar-refractivity contribution in [2.24, 2.45) is 5.73 Å². The van der Waals surface area contributed by atoms with Gasteiger partial charge in [-0.15, -0.1) is 0 Å². The second-order valence-corrected chi connectivity index (χ2v) is 11.2. The molecule has 1 saturated carbocycles. The van der Waals surface area contributed by atoms with Gasteiger partial charge < -0.3 is 10.2 Å². The molecule has 0 amide bonds. The van der Waals surface area contributed by atoms with Crippen molar-refractivity contribution in [2.45, 2.75) is 76.7 Å². The molecule has 2 atom stereocenters. The fourth-order valence-electron chi connectivity index (χ4n) is 1.88. The molecule has 0 aromatic rings. The highest BCUT2D eigenvalue weighted by atomic mass is 28.4. The summed E-state index contributed by atoms with van der Waals surface area (Å²) >= 11 is 0. The standard InChI is InChI=1S/C12H27NOSi/c1-12(2,3)15(4,5)14-11-8-6-7-10(13)9-11/h10-11H,6-9,13H2,1-5H3. The summed E-state index contributed by atoms with van der Waals surface area (Å²) in [5.41, 5.74) is 5.99. The van der Waals surface area contributed by atoms with Crippen LogP contribution in [0.5, 0.6) is 0 Å². The summed E-state index contributed by atoms with van der Waals surface area (Å²) in [6, 6.07) is 0.369. The fraction of sp³-hybridized carbons (Fsp3) is 1.00. The fourth-order valence-corrected chi connectivity index (χ4v) is 3.28. The molecule has 2 unspecified atom stereocenters. The van der Waals surface area contributed by atoms with Gasteiger partial charge in [0.2, 0.25) is 0 Å². The van der Waals surface area contributed by atoms with Gasteiger partial charge in [0.1, 0.15) is 0 Å². The molecule has 1 fully saturated rings. The van der Waals surface area contributed by atoms with Crippen LogP contribution in [-0.2, 0) is 4.43 Å². The summed E-state index contributed by atoms with van der Waals surface area (Å²) in [5.74, 6) is 0. The Morgan fingerprint density at radius 1 is 1.20 bits per heavy atom. The van der Waals surface area contributed by atoms with Crippen LogP contribution in [0.25, 0.3) is 0 Å². The van der Waals surface area contributed by atoms with Crippen molar-refractivity contribution in [1.82, 2.24) is 0 Å². The smallest absolute Gasteiger partial charge is 0.192 e. The van der Waals surface area contributed by atoms with Gasteiger partial charge in [-0.05, 0) is 43.8 Å². The van der Waals surface area contributed by atoms with E-state index in [2.05, 4.69) is 33.9 Å². The van der Waals surface area contributed by atoms with Gasteiger partial charge >= 0.3 is 0 Å². The zero-order valence-corrected chi connectivity index (χ0v) is 12.0. The molecule has 15 heavy (non-hydrogen) atoms. The van der Waals surface area contributed by atoms with Crippen LogP contribution in [0.2, 0.25) is 18.1 Å². The van der Waals surface area contributed by atoms with E-state index in [1.165, 1.54) is 19.3 Å². The summed E-state index contributed by atoms with van der Waals surface area (Å²) < 4.78 is 6.37. The number of hydrogen-bond donors (Lipinski definition) is 1. The lowest BCUT2D eigenvalue weighted by atomic mass is 9.94. The normalized spacial score (nSPS) is 29.2. The van der Waals surface area contributed by atoms with Crippen molar-refractivity contribution in [3.8, 4) is 0 Å². The topological polar surface area (TPSA) is 35.2 Å². The lowest BCUT2D eigenvalue weighted by Gasteiger charge is -2.41. The van der Waals surface area contributed by atoms with Gasteiger partial charge in [0, 0.05) is 12.1 Å². The largest absolute Gasteiger partial charge is 0.414 e. The molecule has 3 heteroatoms. The molecule has 1 rings (SSSR count). The third-order valence-electron chi connectivity index (χ3n) is 3.93. The Balaban J connectivity index is 2.53. The second kappa shape index (κ2) is 4.56. The Labute approximate surface area is 95.7 Å². The summed E-state index contributed by atoms with van der Waals surface area (Å²) in [6.07, 6.45) is 5.11. The molecule has 1 aliphatic rings. The van der Waals surface area contributed by atoms with Crippen molar-refractivity contribution < 1.29 is 4.43 Å². The lowest BCUT2D eigenvalue weighted by Crippen LogP contribution is -2.46. The highest BCUT2D eigenvalue weighted by molar-refractivity contribution is 6.74. The van der Waals surface area contributed by atoms with E-state index in [1.54, 1.807) is 0 Å². The minimum atomic E-state index is -1.58. The van der Waals surface area contributed by atoms with E-state index in [0.717, 1.165) is 6.42 Å². The Kier molecular flexibility index (Phi) is 4.01. The maximum Gasteiger partial charge on any atom is 0.192 e. The molecule has 2 N–H and O–H groups in total. The first-order valence-corrected chi connectivity index (χ1v) is 9.06. The van der Waals surface area contributed by atoms with Gasteiger partial charge in [-0.2, -0.15) is 0 Å². The summed E-state index contributed by atoms with van der Waals surface area (Å²) in [4.78, 5) is 0. The Bertz CT molecular complexity index is 210. The average Bonchev–Trinajstić information content (AvgIpc) is 2.00. The monoisotopic (exact) mass is 229 g/mol. The van der Waals surface area contributed by atoms with E-state index in [9.17, 15) is 0 Å². The molecular weight excluding hydrogens is 202 g/mol. The zero-order chi connectivity index (χ0) is 11.7. The Hall–Kier alpha value is 0.137. The molecule has 0 aromatic carbocycles. The van der Waals surface area contributed by atoms with Gasteiger partial charge in [0.25, 0.3) is 0 Å². The molecule has 0 heterocycles. The van der Waals surface area contributed by atoms with E-state index in [4.69, 9.17) is 10.2 Å². The van der Waals surface area contributed by atoms with Crippen molar-refractivity contribution in [2.75, 3.05) is 0 Å². The summed E-state index contributed by atoms with van der Waals surface area (Å²) in [5, 5.41) is 0.314. The molecular formula is C12H27NOSi. The van der Waals surface area contributed by atoms with Crippen molar-refractivity contribution in [3.05, 3.63) is 0 Å². The maximum atomic E-state index is 6.37. The van der Waals surface area contributed by atoms with Crippen LogP contribution in [0, 0.1) is 0 Å². The Morgan fingerprint density at radius 3 is 2.27 bits per heavy atom. The van der Waals surface area contributed by atoms with E-state index in [1.807, 2.05) is 0 Å². The first-order valence-electron chi connectivity index (χ1n) is 6.16. The predicted molar refractivity (Wildman–Crippen MR) is 68.5 cm³/mol. The van der Waals surface area contributed by atoms with Crippen LogP contribution < -0.4 is 5.73 Å². The average molecular weight is 229 g/mol. The number of hydrogen-bond acceptors (Lipinski definition) is 2. The van der Waals surface area contributed by atoms with Crippen LogP contribution in [0.1, 0.15) is 46.5 Å². The molecule has 1 aliphatic carbocycles. The van der Waals surface area contributed by atoms with Crippen molar-refractivity contribution in [3.63, 3.8) is 0 Å². The zero-order valence-electron chi connectivity index (χ0n) is 11.0. The maximum absolute atomic E-state index is 6.37. The minimum Gasteiger partial charge on any atom is -0.414 e. The van der Waals surface area contributed by atoms with Gasteiger partial charge in [-0.25, -0.2) is 0 Å². The molecule has 0 aromatic heterocycles. The molecule has 0 bridgehead atoms. The van der Waals surface area contributed by atoms with Gasteiger partial charge in [0.15, 0.2) is 8.32 Å². The van der Waals surface area contributed by atoms with Crippen molar-refractivity contribution in [1.29, 1.82) is 0 Å². The van der Waals surface area contributed by atoms with E-state index < -0.39 is 8.32 Å². The highest BCUT2D eigenvalue weighted by Gasteiger charge is 2.39. The summed E-state index contributed by atoms with van der Waals surface area (Å²) in [7, 11) is -1.58. The first-order chi connectivity index (χ1) is 6.72. The first kappa shape index (κ1) is 13.2. The minimum absolute atomic E-state index is 0.314. The van der Waals surface area contributed by atoms with E-state index in [-0.39, 0.29) is 0 Å². The molecule has 0 aliphatic heterocycles.